The normalized spacial score (nSPS) is 15.6. The van der Waals surface area contributed by atoms with Crippen molar-refractivity contribution in [3.8, 4) is 0 Å². The van der Waals surface area contributed by atoms with Gasteiger partial charge in [0.1, 0.15) is 12.3 Å². The second-order valence-corrected chi connectivity index (χ2v) is 5.53. The van der Waals surface area contributed by atoms with E-state index < -0.39 is 0 Å². The van der Waals surface area contributed by atoms with Gasteiger partial charge in [-0.3, -0.25) is 4.79 Å². The number of aliphatic imine (C=N–C) groups is 1. The van der Waals surface area contributed by atoms with Gasteiger partial charge in [0.05, 0.1) is 12.8 Å². The number of carbonyl (C=O) groups excluding carboxylic acids is 1. The van der Waals surface area contributed by atoms with E-state index >= 15 is 0 Å². The topological polar surface area (TPSA) is 78.7 Å². The minimum atomic E-state index is -0.114. The minimum Gasteiger partial charge on any atom is -0.467 e. The number of furan rings is 1. The van der Waals surface area contributed by atoms with Gasteiger partial charge >= 0.3 is 0 Å². The third kappa shape index (κ3) is 7.71. The summed E-state index contributed by atoms with van der Waals surface area (Å²) in [5.41, 5.74) is 0. The lowest BCUT2D eigenvalue weighted by molar-refractivity contribution is -0.119. The molecule has 0 spiro atoms. The number of halogens is 1. The molecule has 1 aliphatic carbocycles. The van der Waals surface area contributed by atoms with Crippen molar-refractivity contribution in [3.05, 3.63) is 24.2 Å². The van der Waals surface area contributed by atoms with Crippen LogP contribution in [0.1, 0.15) is 44.8 Å². The van der Waals surface area contributed by atoms with Crippen molar-refractivity contribution in [2.24, 2.45) is 4.99 Å². The van der Waals surface area contributed by atoms with Gasteiger partial charge < -0.3 is 20.4 Å². The van der Waals surface area contributed by atoms with E-state index in [9.17, 15) is 4.79 Å². The molecule has 7 heteroatoms. The quantitative estimate of drug-likeness (QED) is 0.365. The lowest BCUT2D eigenvalue weighted by Crippen LogP contribution is -2.44. The van der Waals surface area contributed by atoms with Crippen LogP contribution in [0.5, 0.6) is 0 Å². The summed E-state index contributed by atoms with van der Waals surface area (Å²) in [5.74, 6) is 1.35. The maximum atomic E-state index is 11.8. The monoisotopic (exact) mass is 434 g/mol. The predicted octanol–water partition coefficient (Wildman–Crippen LogP) is 2.40. The first kappa shape index (κ1) is 19.8. The smallest absolute Gasteiger partial charge is 0.242 e. The van der Waals surface area contributed by atoms with E-state index in [1.54, 1.807) is 12.3 Å². The molecule has 1 aromatic heterocycles. The number of guanidine groups is 1. The second kappa shape index (κ2) is 11.3. The van der Waals surface area contributed by atoms with Crippen molar-refractivity contribution in [2.45, 2.75) is 51.6 Å². The molecule has 0 aromatic carbocycles. The van der Waals surface area contributed by atoms with Crippen molar-refractivity contribution in [1.82, 2.24) is 16.0 Å². The second-order valence-electron chi connectivity index (χ2n) is 5.53. The van der Waals surface area contributed by atoms with Crippen LogP contribution >= 0.6 is 24.0 Å². The molecule has 1 amide bonds. The van der Waals surface area contributed by atoms with Crippen LogP contribution in [-0.4, -0.2) is 31.0 Å². The first-order valence-corrected chi connectivity index (χ1v) is 8.12. The molecule has 3 N–H and O–H groups in total. The van der Waals surface area contributed by atoms with E-state index in [2.05, 4.69) is 20.9 Å². The molecule has 0 saturated heterocycles. The van der Waals surface area contributed by atoms with E-state index in [1.807, 2.05) is 13.0 Å². The van der Waals surface area contributed by atoms with Crippen molar-refractivity contribution < 1.29 is 9.21 Å². The molecular weight excluding hydrogens is 407 g/mol. The van der Waals surface area contributed by atoms with E-state index in [0.29, 0.717) is 12.6 Å². The third-order valence-electron chi connectivity index (χ3n) is 3.71. The van der Waals surface area contributed by atoms with Gasteiger partial charge in [-0.2, -0.15) is 0 Å². The molecule has 0 radical (unpaired) electrons. The van der Waals surface area contributed by atoms with E-state index in [4.69, 9.17) is 4.42 Å². The van der Waals surface area contributed by atoms with Crippen LogP contribution in [0, 0.1) is 0 Å². The van der Waals surface area contributed by atoms with Gasteiger partial charge in [-0.15, -0.1) is 24.0 Å². The summed E-state index contributed by atoms with van der Waals surface area (Å²) in [6.07, 6.45) is 7.80. The molecule has 1 saturated carbocycles. The molecule has 130 valence electrons. The van der Waals surface area contributed by atoms with Crippen LogP contribution in [-0.2, 0) is 11.3 Å². The third-order valence-corrected chi connectivity index (χ3v) is 3.71. The number of amides is 1. The number of hydrogen-bond acceptors (Lipinski definition) is 3. The summed E-state index contributed by atoms with van der Waals surface area (Å²) >= 11 is 0. The highest BCUT2D eigenvalue weighted by atomic mass is 127. The van der Waals surface area contributed by atoms with Crippen LogP contribution in [0.25, 0.3) is 0 Å². The molecule has 0 atom stereocenters. The molecule has 1 aliphatic rings. The highest BCUT2D eigenvalue weighted by molar-refractivity contribution is 14.0. The summed E-state index contributed by atoms with van der Waals surface area (Å²) in [4.78, 5) is 16.2. The molecular formula is C16H27IN4O2. The highest BCUT2D eigenvalue weighted by Crippen LogP contribution is 2.17. The summed E-state index contributed by atoms with van der Waals surface area (Å²) in [6.45, 7) is 3.32. The number of rotatable bonds is 6. The Balaban J connectivity index is 0.00000264. The highest BCUT2D eigenvalue weighted by Gasteiger charge is 2.14. The minimum absolute atomic E-state index is 0. The van der Waals surface area contributed by atoms with Crippen LogP contribution in [0.4, 0.5) is 0 Å². The SMILES string of the molecule is CCNC(=NCC(=O)NCc1ccco1)NC1CCCCC1.I. The largest absolute Gasteiger partial charge is 0.467 e. The van der Waals surface area contributed by atoms with Gasteiger partial charge in [0.15, 0.2) is 5.96 Å². The Bertz CT molecular complexity index is 470. The molecule has 2 rings (SSSR count). The molecule has 0 bridgehead atoms. The number of carbonyl (C=O) groups is 1. The summed E-state index contributed by atoms with van der Waals surface area (Å²) in [7, 11) is 0. The molecule has 1 fully saturated rings. The zero-order valence-corrected chi connectivity index (χ0v) is 16.0. The zero-order chi connectivity index (χ0) is 15.6. The van der Waals surface area contributed by atoms with Crippen LogP contribution in [0.3, 0.4) is 0 Å². The first-order valence-electron chi connectivity index (χ1n) is 8.12. The summed E-state index contributed by atoms with van der Waals surface area (Å²) in [6, 6.07) is 4.10. The Morgan fingerprint density at radius 3 is 2.74 bits per heavy atom. The van der Waals surface area contributed by atoms with Crippen LogP contribution in [0.15, 0.2) is 27.8 Å². The predicted molar refractivity (Wildman–Crippen MR) is 102 cm³/mol. The lowest BCUT2D eigenvalue weighted by Gasteiger charge is -2.24. The Kier molecular flexibility index (Phi) is 9.74. The maximum Gasteiger partial charge on any atom is 0.242 e. The van der Waals surface area contributed by atoms with Gasteiger partial charge in [0.2, 0.25) is 5.91 Å². The average Bonchev–Trinajstić information content (AvgIpc) is 3.05. The van der Waals surface area contributed by atoms with Crippen molar-refractivity contribution in [2.75, 3.05) is 13.1 Å². The summed E-state index contributed by atoms with van der Waals surface area (Å²) in [5, 5.41) is 9.41. The maximum absolute atomic E-state index is 11.8. The van der Waals surface area contributed by atoms with Gasteiger partial charge in [0, 0.05) is 12.6 Å². The average molecular weight is 434 g/mol. The van der Waals surface area contributed by atoms with Gasteiger partial charge in [0.25, 0.3) is 0 Å². The Morgan fingerprint density at radius 1 is 1.30 bits per heavy atom. The Labute approximate surface area is 154 Å². The Hall–Kier alpha value is -1.25. The fourth-order valence-corrected chi connectivity index (χ4v) is 2.57. The van der Waals surface area contributed by atoms with E-state index in [-0.39, 0.29) is 36.4 Å². The fraction of sp³-hybridized carbons (Fsp3) is 0.625. The van der Waals surface area contributed by atoms with Crippen molar-refractivity contribution in [3.63, 3.8) is 0 Å². The number of hydrogen-bond donors (Lipinski definition) is 3. The summed E-state index contributed by atoms with van der Waals surface area (Å²) < 4.78 is 5.17. The molecule has 23 heavy (non-hydrogen) atoms. The van der Waals surface area contributed by atoms with Crippen molar-refractivity contribution in [1.29, 1.82) is 0 Å². The number of nitrogens with one attached hydrogen (secondary N) is 3. The van der Waals surface area contributed by atoms with Gasteiger partial charge in [-0.05, 0) is 31.9 Å². The molecule has 1 aromatic rings. The fourth-order valence-electron chi connectivity index (χ4n) is 2.57. The molecule has 6 nitrogen and oxygen atoms in total. The van der Waals surface area contributed by atoms with Crippen LogP contribution in [0.2, 0.25) is 0 Å². The van der Waals surface area contributed by atoms with E-state index in [0.717, 1.165) is 18.3 Å². The molecule has 0 unspecified atom stereocenters. The molecule has 1 heterocycles. The van der Waals surface area contributed by atoms with Gasteiger partial charge in [-0.1, -0.05) is 19.3 Å². The molecule has 0 aliphatic heterocycles. The van der Waals surface area contributed by atoms with Crippen LogP contribution < -0.4 is 16.0 Å². The van der Waals surface area contributed by atoms with Gasteiger partial charge in [-0.25, -0.2) is 4.99 Å². The lowest BCUT2D eigenvalue weighted by atomic mass is 9.96. The Morgan fingerprint density at radius 2 is 2.09 bits per heavy atom. The van der Waals surface area contributed by atoms with Crippen molar-refractivity contribution >= 4 is 35.8 Å². The first-order chi connectivity index (χ1) is 10.8. The standard InChI is InChI=1S/C16H26N4O2.HI/c1-2-17-16(20-13-7-4-3-5-8-13)19-12-15(21)18-11-14-9-6-10-22-14;/h6,9-10,13H,2-5,7-8,11-12H2,1H3,(H,18,21)(H2,17,19,20);1H. The van der Waals surface area contributed by atoms with E-state index in [1.165, 1.54) is 32.1 Å². The number of nitrogens with zero attached hydrogens (tertiary/aromatic N) is 1. The zero-order valence-electron chi connectivity index (χ0n) is 13.6.